The van der Waals surface area contributed by atoms with Crippen molar-refractivity contribution in [2.24, 2.45) is 5.73 Å². The van der Waals surface area contributed by atoms with Gasteiger partial charge in [-0.2, -0.15) is 0 Å². The third-order valence-corrected chi connectivity index (χ3v) is 2.68. The Morgan fingerprint density at radius 3 is 2.00 bits per heavy atom. The lowest BCUT2D eigenvalue weighted by Crippen LogP contribution is -2.14. The van der Waals surface area contributed by atoms with Crippen molar-refractivity contribution in [1.29, 1.82) is 0 Å². The van der Waals surface area contributed by atoms with Gasteiger partial charge >= 0.3 is 5.97 Å². The lowest BCUT2D eigenvalue weighted by Gasteiger charge is -2.05. The molecule has 7 nitrogen and oxygen atoms in total. The number of amides is 2. The van der Waals surface area contributed by atoms with Crippen LogP contribution in [-0.2, 0) is 0 Å². The fourth-order valence-electron chi connectivity index (χ4n) is 1.57. The standard InChI is InChI=1S/C14H11N3O4/c15-12(18)8-1-3-9(4-2-8)13(19)17-11-6-5-10(7-16-11)14(20)21/h1-7H,(H2,15,18)(H,20,21)(H,16,17,19). The van der Waals surface area contributed by atoms with Crippen LogP contribution in [0.5, 0.6) is 0 Å². The molecule has 0 aliphatic rings. The summed E-state index contributed by atoms with van der Waals surface area (Å²) in [7, 11) is 0. The van der Waals surface area contributed by atoms with E-state index in [0.717, 1.165) is 6.20 Å². The van der Waals surface area contributed by atoms with Gasteiger partial charge in [-0.3, -0.25) is 9.59 Å². The molecule has 2 amide bonds. The van der Waals surface area contributed by atoms with Gasteiger partial charge < -0.3 is 16.2 Å². The van der Waals surface area contributed by atoms with Crippen molar-refractivity contribution in [3.63, 3.8) is 0 Å². The zero-order valence-electron chi connectivity index (χ0n) is 10.7. The molecule has 0 saturated heterocycles. The minimum absolute atomic E-state index is 0.0267. The number of carbonyl (C=O) groups excluding carboxylic acids is 2. The molecule has 106 valence electrons. The molecule has 0 spiro atoms. The molecule has 0 atom stereocenters. The highest BCUT2D eigenvalue weighted by Crippen LogP contribution is 2.09. The van der Waals surface area contributed by atoms with Gasteiger partial charge in [-0.15, -0.1) is 0 Å². The topological polar surface area (TPSA) is 122 Å². The summed E-state index contributed by atoms with van der Waals surface area (Å²) < 4.78 is 0. The van der Waals surface area contributed by atoms with Gasteiger partial charge in [-0.1, -0.05) is 0 Å². The molecule has 21 heavy (non-hydrogen) atoms. The summed E-state index contributed by atoms with van der Waals surface area (Å²) in [4.78, 5) is 37.4. The smallest absolute Gasteiger partial charge is 0.337 e. The van der Waals surface area contributed by atoms with Crippen LogP contribution in [-0.4, -0.2) is 27.9 Å². The summed E-state index contributed by atoms with van der Waals surface area (Å²) >= 11 is 0. The van der Waals surface area contributed by atoms with Gasteiger partial charge in [0.1, 0.15) is 5.82 Å². The van der Waals surface area contributed by atoms with Crippen LogP contribution in [0.4, 0.5) is 5.82 Å². The van der Waals surface area contributed by atoms with E-state index in [9.17, 15) is 14.4 Å². The minimum Gasteiger partial charge on any atom is -0.478 e. The number of nitrogens with zero attached hydrogens (tertiary/aromatic N) is 1. The number of nitrogens with one attached hydrogen (secondary N) is 1. The quantitative estimate of drug-likeness (QED) is 0.777. The molecule has 1 aromatic carbocycles. The van der Waals surface area contributed by atoms with Gasteiger partial charge in [0.2, 0.25) is 5.91 Å². The number of carboxylic acids is 1. The maximum atomic E-state index is 11.9. The molecule has 1 heterocycles. The van der Waals surface area contributed by atoms with Crippen LogP contribution in [0.25, 0.3) is 0 Å². The van der Waals surface area contributed by atoms with Crippen molar-refractivity contribution in [2.75, 3.05) is 5.32 Å². The van der Waals surface area contributed by atoms with Crippen molar-refractivity contribution < 1.29 is 19.5 Å². The van der Waals surface area contributed by atoms with Crippen molar-refractivity contribution in [1.82, 2.24) is 4.98 Å². The maximum Gasteiger partial charge on any atom is 0.337 e. The van der Waals surface area contributed by atoms with E-state index < -0.39 is 17.8 Å². The van der Waals surface area contributed by atoms with E-state index in [2.05, 4.69) is 10.3 Å². The third-order valence-electron chi connectivity index (χ3n) is 2.68. The van der Waals surface area contributed by atoms with Crippen LogP contribution in [0, 0.1) is 0 Å². The Hall–Kier alpha value is -3.22. The molecular weight excluding hydrogens is 274 g/mol. The van der Waals surface area contributed by atoms with Crippen LogP contribution < -0.4 is 11.1 Å². The van der Waals surface area contributed by atoms with E-state index >= 15 is 0 Å². The molecule has 0 aliphatic heterocycles. The Bertz CT molecular complexity index is 693. The number of benzene rings is 1. The van der Waals surface area contributed by atoms with Gasteiger partial charge in [0, 0.05) is 17.3 Å². The van der Waals surface area contributed by atoms with Gasteiger partial charge in [0.05, 0.1) is 5.56 Å². The second-order valence-electron chi connectivity index (χ2n) is 4.13. The van der Waals surface area contributed by atoms with Crippen molar-refractivity contribution in [3.05, 3.63) is 59.3 Å². The maximum absolute atomic E-state index is 11.9. The number of aromatic carboxylic acids is 1. The second kappa shape index (κ2) is 5.83. The average molecular weight is 285 g/mol. The molecule has 0 saturated carbocycles. The van der Waals surface area contributed by atoms with E-state index in [4.69, 9.17) is 10.8 Å². The van der Waals surface area contributed by atoms with Crippen LogP contribution in [0.15, 0.2) is 42.6 Å². The van der Waals surface area contributed by atoms with Crippen LogP contribution in [0.3, 0.4) is 0 Å². The fraction of sp³-hybridized carbons (Fsp3) is 0. The summed E-state index contributed by atoms with van der Waals surface area (Å²) in [6, 6.07) is 8.53. The first-order valence-electron chi connectivity index (χ1n) is 5.88. The summed E-state index contributed by atoms with van der Waals surface area (Å²) in [6.07, 6.45) is 1.15. The van der Waals surface area contributed by atoms with Crippen LogP contribution in [0.2, 0.25) is 0 Å². The first kappa shape index (κ1) is 14.2. The molecule has 0 radical (unpaired) electrons. The highest BCUT2D eigenvalue weighted by atomic mass is 16.4. The summed E-state index contributed by atoms with van der Waals surface area (Å²) in [5.74, 6) is -1.87. The average Bonchev–Trinajstić information content (AvgIpc) is 2.47. The summed E-state index contributed by atoms with van der Waals surface area (Å²) in [5.41, 5.74) is 5.76. The SMILES string of the molecule is NC(=O)c1ccc(C(=O)Nc2ccc(C(=O)O)cn2)cc1. The normalized spacial score (nSPS) is 9.90. The zero-order chi connectivity index (χ0) is 15.4. The Labute approximate surface area is 119 Å². The van der Waals surface area contributed by atoms with Gasteiger partial charge in [-0.25, -0.2) is 9.78 Å². The second-order valence-corrected chi connectivity index (χ2v) is 4.13. The molecule has 1 aromatic heterocycles. The molecule has 2 aromatic rings. The molecule has 4 N–H and O–H groups in total. The monoisotopic (exact) mass is 285 g/mol. The van der Waals surface area contributed by atoms with Crippen molar-refractivity contribution in [2.45, 2.75) is 0 Å². The third kappa shape index (κ3) is 3.41. The molecule has 0 bridgehead atoms. The number of carboxylic acid groups (broad SMARTS) is 1. The highest BCUT2D eigenvalue weighted by Gasteiger charge is 2.09. The Kier molecular flexibility index (Phi) is 3.94. The summed E-state index contributed by atoms with van der Waals surface area (Å²) in [5, 5.41) is 11.3. The first-order chi connectivity index (χ1) is 9.97. The Balaban J connectivity index is 2.10. The number of nitrogens with two attached hydrogens (primary N) is 1. The Morgan fingerprint density at radius 1 is 0.952 bits per heavy atom. The zero-order valence-corrected chi connectivity index (χ0v) is 10.7. The number of hydrogen-bond acceptors (Lipinski definition) is 4. The number of pyridine rings is 1. The van der Waals surface area contributed by atoms with Gasteiger partial charge in [0.25, 0.3) is 5.91 Å². The predicted octanol–water partition coefficient (Wildman–Crippen LogP) is 1.13. The lowest BCUT2D eigenvalue weighted by molar-refractivity contribution is 0.0696. The first-order valence-corrected chi connectivity index (χ1v) is 5.88. The predicted molar refractivity (Wildman–Crippen MR) is 74.1 cm³/mol. The number of carbonyl (C=O) groups is 3. The number of hydrogen-bond donors (Lipinski definition) is 3. The molecule has 0 aliphatic carbocycles. The van der Waals surface area contributed by atoms with E-state index in [1.54, 1.807) is 0 Å². The summed E-state index contributed by atoms with van der Waals surface area (Å²) in [6.45, 7) is 0. The van der Waals surface area contributed by atoms with Crippen molar-refractivity contribution >= 4 is 23.6 Å². The fourth-order valence-corrected chi connectivity index (χ4v) is 1.57. The van der Waals surface area contributed by atoms with E-state index in [0.29, 0.717) is 11.1 Å². The lowest BCUT2D eigenvalue weighted by atomic mass is 10.1. The molecule has 2 rings (SSSR count). The molecular formula is C14H11N3O4. The largest absolute Gasteiger partial charge is 0.478 e. The Morgan fingerprint density at radius 2 is 1.52 bits per heavy atom. The van der Waals surface area contributed by atoms with Gasteiger partial charge in [-0.05, 0) is 36.4 Å². The van der Waals surface area contributed by atoms with Gasteiger partial charge in [0.15, 0.2) is 0 Å². The number of rotatable bonds is 4. The van der Waals surface area contributed by atoms with E-state index in [1.807, 2.05) is 0 Å². The van der Waals surface area contributed by atoms with E-state index in [-0.39, 0.29) is 11.4 Å². The van der Waals surface area contributed by atoms with Crippen LogP contribution in [0.1, 0.15) is 31.1 Å². The van der Waals surface area contributed by atoms with Crippen LogP contribution >= 0.6 is 0 Å². The van der Waals surface area contributed by atoms with E-state index in [1.165, 1.54) is 36.4 Å². The molecule has 0 unspecified atom stereocenters. The minimum atomic E-state index is -1.09. The molecule has 0 fully saturated rings. The number of aromatic nitrogens is 1. The van der Waals surface area contributed by atoms with Crippen molar-refractivity contribution in [3.8, 4) is 0 Å². The number of anilines is 1. The molecule has 7 heteroatoms. The highest BCUT2D eigenvalue weighted by molar-refractivity contribution is 6.04. The number of primary amides is 1.